The number of carbonyl (C=O) groups excluding carboxylic acids is 1. The van der Waals surface area contributed by atoms with Gasteiger partial charge in [-0.3, -0.25) is 4.79 Å². The third kappa shape index (κ3) is 4.55. The predicted molar refractivity (Wildman–Crippen MR) is 96.0 cm³/mol. The molecule has 1 atom stereocenters. The van der Waals surface area contributed by atoms with Crippen molar-refractivity contribution >= 4 is 23.4 Å². The van der Waals surface area contributed by atoms with E-state index in [4.69, 9.17) is 0 Å². The molecule has 0 bridgehead atoms. The quantitative estimate of drug-likeness (QED) is 0.613. The summed E-state index contributed by atoms with van der Waals surface area (Å²) in [5, 5.41) is 0.637. The molecular formula is C18H23N3OS. The highest BCUT2D eigenvalue weighted by Crippen LogP contribution is 2.26. The van der Waals surface area contributed by atoms with Crippen LogP contribution in [0.15, 0.2) is 41.4 Å². The zero-order chi connectivity index (χ0) is 17.0. The number of hydrogen-bond donors (Lipinski definition) is 0. The zero-order valence-corrected chi connectivity index (χ0v) is 15.1. The molecule has 1 aromatic heterocycles. The molecule has 0 aliphatic carbocycles. The molecular weight excluding hydrogens is 306 g/mol. The fraction of sp³-hybridized carbons (Fsp3) is 0.389. The highest BCUT2D eigenvalue weighted by Gasteiger charge is 2.21. The third-order valence-electron chi connectivity index (χ3n) is 3.48. The molecule has 5 heteroatoms. The van der Waals surface area contributed by atoms with E-state index in [-0.39, 0.29) is 17.1 Å². The van der Waals surface area contributed by atoms with Gasteiger partial charge in [-0.25, -0.2) is 9.97 Å². The molecule has 23 heavy (non-hydrogen) atoms. The van der Waals surface area contributed by atoms with E-state index in [2.05, 4.69) is 23.8 Å². The van der Waals surface area contributed by atoms with Gasteiger partial charge >= 0.3 is 0 Å². The monoisotopic (exact) mass is 329 g/mol. The second-order valence-electron chi connectivity index (χ2n) is 5.85. The van der Waals surface area contributed by atoms with E-state index in [1.165, 1.54) is 11.8 Å². The number of benzene rings is 1. The summed E-state index contributed by atoms with van der Waals surface area (Å²) in [7, 11) is 1.81. The van der Waals surface area contributed by atoms with Crippen LogP contribution in [0.2, 0.25) is 0 Å². The highest BCUT2D eigenvalue weighted by molar-refractivity contribution is 8.00. The van der Waals surface area contributed by atoms with Crippen LogP contribution in [0.3, 0.4) is 0 Å². The number of thioether (sulfide) groups is 1. The molecule has 122 valence electrons. The lowest BCUT2D eigenvalue weighted by Crippen LogP contribution is -2.33. The van der Waals surface area contributed by atoms with Gasteiger partial charge in [-0.15, -0.1) is 0 Å². The van der Waals surface area contributed by atoms with Crippen LogP contribution in [-0.2, 0) is 4.79 Å². The lowest BCUT2D eigenvalue weighted by atomic mass is 10.2. The molecule has 0 saturated heterocycles. The number of carbonyl (C=O) groups is 1. The zero-order valence-electron chi connectivity index (χ0n) is 14.3. The average molecular weight is 329 g/mol. The van der Waals surface area contributed by atoms with E-state index in [0.717, 1.165) is 22.2 Å². The maximum atomic E-state index is 12.6. The van der Waals surface area contributed by atoms with Crippen LogP contribution in [0, 0.1) is 6.92 Å². The summed E-state index contributed by atoms with van der Waals surface area (Å²) >= 11 is 1.48. The van der Waals surface area contributed by atoms with Crippen LogP contribution < -0.4 is 4.90 Å². The Labute approximate surface area is 142 Å². The standard InChI is InChI=1S/C18H23N3OS/c1-12(2)17-19-13(3)11-16(20-17)23-14(4)18(22)21(5)15-9-7-6-8-10-15/h6-12,14H,1-5H3. The van der Waals surface area contributed by atoms with Crippen molar-refractivity contribution in [3.05, 3.63) is 47.9 Å². The molecule has 0 aliphatic heterocycles. The SMILES string of the molecule is Cc1cc(SC(C)C(=O)N(C)c2ccccc2)nc(C(C)C)n1. The number of aromatic nitrogens is 2. The largest absolute Gasteiger partial charge is 0.315 e. The van der Waals surface area contributed by atoms with E-state index in [1.807, 2.05) is 50.2 Å². The predicted octanol–water partition coefficient (Wildman–Crippen LogP) is 4.05. The van der Waals surface area contributed by atoms with Crippen LogP contribution in [0.25, 0.3) is 0 Å². The van der Waals surface area contributed by atoms with Crippen LogP contribution in [0.1, 0.15) is 38.2 Å². The molecule has 2 rings (SSSR count). The molecule has 0 saturated carbocycles. The van der Waals surface area contributed by atoms with Crippen molar-refractivity contribution in [1.29, 1.82) is 0 Å². The Morgan fingerprint density at radius 1 is 1.13 bits per heavy atom. The summed E-state index contributed by atoms with van der Waals surface area (Å²) in [5.41, 5.74) is 1.83. The van der Waals surface area contributed by atoms with Gasteiger partial charge in [0.2, 0.25) is 5.91 Å². The van der Waals surface area contributed by atoms with Crippen molar-refractivity contribution < 1.29 is 4.79 Å². The fourth-order valence-corrected chi connectivity index (χ4v) is 3.17. The normalized spacial score (nSPS) is 12.3. The Hall–Kier alpha value is -1.88. The minimum atomic E-state index is -0.213. The molecule has 1 unspecified atom stereocenters. The second kappa shape index (κ2) is 7.59. The number of nitrogens with zero attached hydrogens (tertiary/aromatic N) is 3. The molecule has 0 aliphatic rings. The first-order valence-electron chi connectivity index (χ1n) is 7.73. The lowest BCUT2D eigenvalue weighted by molar-refractivity contribution is -0.117. The van der Waals surface area contributed by atoms with Crippen molar-refractivity contribution in [1.82, 2.24) is 9.97 Å². The number of para-hydroxylation sites is 1. The molecule has 0 radical (unpaired) electrons. The molecule has 1 amide bonds. The maximum Gasteiger partial charge on any atom is 0.239 e. The smallest absolute Gasteiger partial charge is 0.239 e. The number of rotatable bonds is 5. The maximum absolute atomic E-state index is 12.6. The first-order valence-corrected chi connectivity index (χ1v) is 8.61. The summed E-state index contributed by atoms with van der Waals surface area (Å²) in [6.07, 6.45) is 0. The number of anilines is 1. The highest BCUT2D eigenvalue weighted by atomic mass is 32.2. The molecule has 1 aromatic carbocycles. The Balaban J connectivity index is 2.12. The van der Waals surface area contributed by atoms with Crippen molar-refractivity contribution in [2.45, 2.75) is 43.9 Å². The van der Waals surface area contributed by atoms with E-state index in [0.29, 0.717) is 0 Å². The summed E-state index contributed by atoms with van der Waals surface area (Å²) in [4.78, 5) is 23.3. The van der Waals surface area contributed by atoms with Gasteiger partial charge in [-0.2, -0.15) is 0 Å². The molecule has 1 heterocycles. The van der Waals surface area contributed by atoms with E-state index in [9.17, 15) is 4.79 Å². The van der Waals surface area contributed by atoms with Gasteiger partial charge < -0.3 is 4.90 Å². The van der Waals surface area contributed by atoms with Crippen molar-refractivity contribution in [3.63, 3.8) is 0 Å². The second-order valence-corrected chi connectivity index (χ2v) is 7.21. The summed E-state index contributed by atoms with van der Waals surface area (Å²) in [6.45, 7) is 8.01. The molecule has 0 spiro atoms. The average Bonchev–Trinajstić information content (AvgIpc) is 2.53. The lowest BCUT2D eigenvalue weighted by Gasteiger charge is -2.21. The summed E-state index contributed by atoms with van der Waals surface area (Å²) < 4.78 is 0. The van der Waals surface area contributed by atoms with Gasteiger partial charge in [0.1, 0.15) is 10.9 Å². The van der Waals surface area contributed by atoms with Crippen LogP contribution in [0.5, 0.6) is 0 Å². The van der Waals surface area contributed by atoms with Crippen molar-refractivity contribution in [3.8, 4) is 0 Å². The Morgan fingerprint density at radius 2 is 1.78 bits per heavy atom. The number of aryl methyl sites for hydroxylation is 1. The van der Waals surface area contributed by atoms with E-state index >= 15 is 0 Å². The summed E-state index contributed by atoms with van der Waals surface area (Å²) in [6, 6.07) is 11.6. The van der Waals surface area contributed by atoms with Gasteiger partial charge in [0.15, 0.2) is 0 Å². The van der Waals surface area contributed by atoms with Crippen molar-refractivity contribution in [2.75, 3.05) is 11.9 Å². The molecule has 0 N–H and O–H groups in total. The number of amides is 1. The third-order valence-corrected chi connectivity index (χ3v) is 4.49. The Kier molecular flexibility index (Phi) is 5.77. The first kappa shape index (κ1) is 17.5. The topological polar surface area (TPSA) is 46.1 Å². The summed E-state index contributed by atoms with van der Waals surface area (Å²) in [5.74, 6) is 1.15. The van der Waals surface area contributed by atoms with Gasteiger partial charge in [-0.05, 0) is 32.0 Å². The van der Waals surface area contributed by atoms with Gasteiger partial charge in [-0.1, -0.05) is 43.8 Å². The molecule has 2 aromatic rings. The van der Waals surface area contributed by atoms with E-state index < -0.39 is 0 Å². The van der Waals surface area contributed by atoms with Crippen LogP contribution in [-0.4, -0.2) is 28.2 Å². The molecule has 4 nitrogen and oxygen atoms in total. The van der Waals surface area contributed by atoms with Crippen molar-refractivity contribution in [2.24, 2.45) is 0 Å². The van der Waals surface area contributed by atoms with Gasteiger partial charge in [0.25, 0.3) is 0 Å². The fourth-order valence-electron chi connectivity index (χ4n) is 2.16. The minimum Gasteiger partial charge on any atom is -0.315 e. The van der Waals surface area contributed by atoms with Crippen LogP contribution in [0.4, 0.5) is 5.69 Å². The number of hydrogen-bond acceptors (Lipinski definition) is 4. The van der Waals surface area contributed by atoms with Gasteiger partial charge in [0, 0.05) is 24.3 Å². The minimum absolute atomic E-state index is 0.0589. The Morgan fingerprint density at radius 3 is 2.39 bits per heavy atom. The first-order chi connectivity index (χ1) is 10.9. The van der Waals surface area contributed by atoms with Gasteiger partial charge in [0.05, 0.1) is 5.25 Å². The van der Waals surface area contributed by atoms with Crippen LogP contribution >= 0.6 is 11.8 Å². The van der Waals surface area contributed by atoms with E-state index in [1.54, 1.807) is 11.9 Å². The Bertz CT molecular complexity index is 673. The molecule has 0 fully saturated rings.